The number of benzene rings is 19. The van der Waals surface area contributed by atoms with Gasteiger partial charge in [0.25, 0.3) is 0 Å². The van der Waals surface area contributed by atoms with Crippen molar-refractivity contribution >= 4 is 249 Å². The molecule has 0 saturated carbocycles. The highest BCUT2D eigenvalue weighted by Gasteiger charge is 2.26. The van der Waals surface area contributed by atoms with Gasteiger partial charge in [-0.15, -0.1) is 34.0 Å². The Morgan fingerprint density at radius 3 is 0.866 bits per heavy atom. The molecule has 0 radical (unpaired) electrons. The van der Waals surface area contributed by atoms with Crippen LogP contribution in [0.3, 0.4) is 0 Å². The second-order valence-electron chi connectivity index (χ2n) is 38.1. The molecule has 19 aromatic carbocycles. The fourth-order valence-corrected chi connectivity index (χ4v) is 27.1. The zero-order valence-electron chi connectivity index (χ0n) is 76.0. The van der Waals surface area contributed by atoms with Gasteiger partial charge in [0.05, 0.1) is 67.9 Å². The summed E-state index contributed by atoms with van der Waals surface area (Å²) in [7, 11) is 0. The van der Waals surface area contributed by atoms with Gasteiger partial charge in [-0.05, 0) is 314 Å². The summed E-state index contributed by atoms with van der Waals surface area (Å²) in [6.45, 7) is 0. The summed E-state index contributed by atoms with van der Waals surface area (Å²) in [4.78, 5) is 10.8. The predicted octanol–water partition coefficient (Wildman–Crippen LogP) is 35.3. The number of aromatic nitrogens is 6. The molecule has 1 aliphatic carbocycles. The summed E-state index contributed by atoms with van der Waals surface area (Å²) in [5.41, 5.74) is 32.5. The molecule has 660 valence electrons. The standard InChI is InChI=1S/C130H74N6O3S3/c1-7-22-109-89(14-1)96-58-73(79-34-49-119-102(64-79)91-16-3-9-24-117(91)137-119)32-47-115(96)135(109)128-56-41-86(71-131-128)133-111-43-28-75(80-35-50-120-103(65-80)92-17-4-10-25-118(92)138-120)60-98(111)99-61-76(29-44-112(99)133)81-36-51-121-104(66-81)105-70-85(37-52-122(105)139-121)88-20-13-21-95-108-69-84(40-55-127(108)142-130(88)95)78-31-46-114-101(63-78)100-62-77(83-39-54-126-107(68-83)94-19-6-12-27-124(94)141-126)30-45-113(100)134(114)87-42-57-129(132-72-87)136-110-23-8-2-15-90(110)97-59-74(33-48-116(97)136)82-38-53-125-106(67-82)93-18-5-11-26-123(93)140-125/h1-12,14-19,21-72H,13,20H2. The Balaban J connectivity index is 0.483. The van der Waals surface area contributed by atoms with Gasteiger partial charge < -0.3 is 22.4 Å². The van der Waals surface area contributed by atoms with Crippen LogP contribution in [0.4, 0.5) is 0 Å². The first-order valence-electron chi connectivity index (χ1n) is 48.4. The number of pyridine rings is 2. The highest BCUT2D eigenvalue weighted by atomic mass is 32.1. The first kappa shape index (κ1) is 78.3. The Kier molecular flexibility index (Phi) is 16.5. The van der Waals surface area contributed by atoms with E-state index in [-0.39, 0.29) is 0 Å². The maximum absolute atomic E-state index is 6.81. The predicted molar refractivity (Wildman–Crippen MR) is 597 cm³/mol. The lowest BCUT2D eigenvalue weighted by molar-refractivity contribution is 0.668. The molecule has 9 nitrogen and oxygen atoms in total. The molecule has 12 heteroatoms. The quantitative estimate of drug-likeness (QED) is 0.129. The molecule has 0 spiro atoms. The van der Waals surface area contributed by atoms with Crippen molar-refractivity contribution in [3.05, 3.63) is 434 Å². The van der Waals surface area contributed by atoms with Gasteiger partial charge in [0.2, 0.25) is 0 Å². The SMILES string of the molecule is C1=c2c(sc3ccc(-c4ccc5c(c4)c4cc(-c6ccc7sc8ccccc8c7c6)ccc4n5-c4ccc(-n5c6ccccc6c6cc(-c7ccc8sc9ccccc9c8c7)ccc65)nc4)cc23)=C(c2ccc3oc4ccc(-c5ccc6c(c5)c5cc(-c7ccc8oc9ccccc9c8c7)ccc5n6-c5ccc(-n6c7ccccc7c7cc(-c8ccc9oc%10ccccc%10c9c8)ccc76)nc5)cc4c3c2)CC1. The monoisotopic (exact) mass is 1860 g/mol. The van der Waals surface area contributed by atoms with Crippen LogP contribution in [0, 0.1) is 0 Å². The number of hydrogen-bond donors (Lipinski definition) is 0. The van der Waals surface area contributed by atoms with Crippen molar-refractivity contribution in [3.63, 3.8) is 0 Å². The third kappa shape index (κ3) is 11.7. The largest absolute Gasteiger partial charge is 0.456 e. The molecule has 0 atom stereocenters. The summed E-state index contributed by atoms with van der Waals surface area (Å²) in [6, 6.07) is 150. The zero-order valence-corrected chi connectivity index (χ0v) is 78.4. The molecule has 0 saturated heterocycles. The van der Waals surface area contributed by atoms with E-state index >= 15 is 0 Å². The Bertz CT molecular complexity index is 11100. The number of hydrogen-bond acceptors (Lipinski definition) is 8. The molecule has 0 unspecified atom stereocenters. The van der Waals surface area contributed by atoms with Crippen molar-refractivity contribution in [1.29, 1.82) is 0 Å². The maximum Gasteiger partial charge on any atom is 0.137 e. The molecule has 0 amide bonds. The van der Waals surface area contributed by atoms with Crippen LogP contribution in [0.1, 0.15) is 18.4 Å². The van der Waals surface area contributed by atoms with Gasteiger partial charge in [-0.25, -0.2) is 9.97 Å². The smallest absolute Gasteiger partial charge is 0.137 e. The lowest BCUT2D eigenvalue weighted by Gasteiger charge is -2.11. The van der Waals surface area contributed by atoms with Crippen molar-refractivity contribution < 1.29 is 13.3 Å². The van der Waals surface area contributed by atoms with Crippen molar-refractivity contribution in [3.8, 4) is 89.8 Å². The van der Waals surface area contributed by atoms with E-state index in [1.165, 1.54) is 132 Å². The lowest BCUT2D eigenvalue weighted by Crippen LogP contribution is -2.25. The van der Waals surface area contributed by atoms with E-state index in [0.29, 0.717) is 0 Å². The summed E-state index contributed by atoms with van der Waals surface area (Å²) in [5, 5.41) is 23.8. The zero-order chi connectivity index (χ0) is 92.4. The molecule has 0 fully saturated rings. The van der Waals surface area contributed by atoms with Crippen molar-refractivity contribution in [1.82, 2.24) is 28.2 Å². The molecule has 0 bridgehead atoms. The first-order valence-corrected chi connectivity index (χ1v) is 50.8. The number of para-hydroxylation sites is 4. The van der Waals surface area contributed by atoms with E-state index in [4.69, 9.17) is 23.2 Å². The van der Waals surface area contributed by atoms with Crippen LogP contribution in [0.5, 0.6) is 0 Å². The van der Waals surface area contributed by atoms with Gasteiger partial charge in [0.15, 0.2) is 0 Å². The summed E-state index contributed by atoms with van der Waals surface area (Å²) < 4.78 is 36.7. The van der Waals surface area contributed by atoms with Gasteiger partial charge in [-0.1, -0.05) is 194 Å². The van der Waals surface area contributed by atoms with E-state index < -0.39 is 0 Å². The van der Waals surface area contributed by atoms with Gasteiger partial charge in [0.1, 0.15) is 45.1 Å². The van der Waals surface area contributed by atoms with Crippen molar-refractivity contribution in [2.45, 2.75) is 12.8 Å². The highest BCUT2D eigenvalue weighted by Crippen LogP contribution is 2.48. The van der Waals surface area contributed by atoms with Crippen LogP contribution < -0.4 is 9.75 Å². The minimum absolute atomic E-state index is 0.841. The minimum atomic E-state index is 0.841. The van der Waals surface area contributed by atoms with Crippen molar-refractivity contribution in [2.75, 3.05) is 0 Å². The fraction of sp³-hybridized carbons (Fsp3) is 0.0154. The number of thiophene rings is 3. The molecule has 12 heterocycles. The average Bonchev–Trinajstić information content (AvgIpc) is 1.58. The van der Waals surface area contributed by atoms with Crippen LogP contribution in [-0.2, 0) is 0 Å². The minimum Gasteiger partial charge on any atom is -0.456 e. The van der Waals surface area contributed by atoms with Crippen LogP contribution in [0.15, 0.2) is 432 Å². The van der Waals surface area contributed by atoms with Gasteiger partial charge in [-0.2, -0.15) is 0 Å². The van der Waals surface area contributed by atoms with Crippen molar-refractivity contribution in [2.24, 2.45) is 0 Å². The van der Waals surface area contributed by atoms with Gasteiger partial charge >= 0.3 is 0 Å². The normalized spacial score (nSPS) is 12.8. The topological polar surface area (TPSA) is 84.9 Å². The van der Waals surface area contributed by atoms with Crippen LogP contribution in [0.2, 0.25) is 0 Å². The molecular weight excluding hydrogens is 1790 g/mol. The molecular formula is C130H74N6O3S3. The van der Waals surface area contributed by atoms with Gasteiger partial charge in [0, 0.05) is 130 Å². The fourth-order valence-electron chi connectivity index (χ4n) is 23.6. The number of rotatable bonds is 11. The lowest BCUT2D eigenvalue weighted by atomic mass is 9.94. The maximum atomic E-state index is 6.81. The van der Waals surface area contributed by atoms with E-state index in [1.807, 2.05) is 64.5 Å². The third-order valence-corrected chi connectivity index (χ3v) is 33.9. The number of nitrogens with zero attached hydrogens (tertiary/aromatic N) is 6. The number of fused-ring (bicyclic) bond motifs is 30. The average molecular weight is 1860 g/mol. The molecule has 31 aromatic rings. The second-order valence-corrected chi connectivity index (χ2v) is 41.3. The highest BCUT2D eigenvalue weighted by molar-refractivity contribution is 7.26. The molecule has 0 aliphatic heterocycles. The molecule has 0 N–H and O–H groups in total. The molecule has 12 aromatic heterocycles. The Hall–Kier alpha value is -17.8. The van der Waals surface area contributed by atoms with E-state index in [9.17, 15) is 0 Å². The molecule has 1 aliphatic rings. The Labute approximate surface area is 821 Å². The Morgan fingerprint density at radius 2 is 0.472 bits per heavy atom. The van der Waals surface area contributed by atoms with E-state index in [1.54, 1.807) is 0 Å². The summed E-state index contributed by atoms with van der Waals surface area (Å²) in [5.74, 6) is 1.71. The van der Waals surface area contributed by atoms with Gasteiger partial charge in [-0.3, -0.25) is 9.13 Å². The molecule has 142 heavy (non-hydrogen) atoms. The summed E-state index contributed by atoms with van der Waals surface area (Å²) in [6.07, 6.45) is 8.46. The first-order chi connectivity index (χ1) is 70.3. The Morgan fingerprint density at radius 1 is 0.197 bits per heavy atom. The molecule has 32 rings (SSSR count). The second kappa shape index (κ2) is 29.9. The summed E-state index contributed by atoms with van der Waals surface area (Å²) >= 11 is 5.63. The van der Waals surface area contributed by atoms with E-state index in [0.717, 1.165) is 195 Å². The van der Waals surface area contributed by atoms with Crippen LogP contribution >= 0.6 is 34.0 Å². The third-order valence-electron chi connectivity index (χ3n) is 30.4. The van der Waals surface area contributed by atoms with E-state index in [2.05, 4.69) is 413 Å². The van der Waals surface area contributed by atoms with Crippen LogP contribution in [0.25, 0.3) is 305 Å². The van der Waals surface area contributed by atoms with Crippen LogP contribution in [-0.4, -0.2) is 28.2 Å². The number of furan rings is 3.